The van der Waals surface area contributed by atoms with E-state index in [4.69, 9.17) is 0 Å². The lowest BCUT2D eigenvalue weighted by Crippen LogP contribution is -2.25. The summed E-state index contributed by atoms with van der Waals surface area (Å²) in [6, 6.07) is 8.00. The molecule has 24 heavy (non-hydrogen) atoms. The molecule has 0 atom stereocenters. The lowest BCUT2D eigenvalue weighted by atomic mass is 10.1. The molecule has 1 N–H and O–H groups in total. The van der Waals surface area contributed by atoms with Gasteiger partial charge in [0.05, 0.1) is 10.3 Å². The molecular formula is C17H19N3OS3. The van der Waals surface area contributed by atoms with Crippen LogP contribution in [0, 0.1) is 0 Å². The number of rotatable bonds is 3. The van der Waals surface area contributed by atoms with Crippen molar-refractivity contribution in [3.8, 4) is 0 Å². The highest BCUT2D eigenvalue weighted by Crippen LogP contribution is 2.45. The van der Waals surface area contributed by atoms with E-state index in [9.17, 15) is 4.79 Å². The molecule has 0 spiro atoms. The number of carbonyl (C=O) groups excluding carboxylic acids is 1. The Hall–Kier alpha value is -1.02. The number of aromatic nitrogens is 1. The van der Waals surface area contributed by atoms with Crippen LogP contribution in [0.1, 0.15) is 31.1 Å². The summed E-state index contributed by atoms with van der Waals surface area (Å²) in [7, 11) is 2.11. The highest BCUT2D eigenvalue weighted by atomic mass is 32.2. The zero-order valence-electron chi connectivity index (χ0n) is 13.4. The van der Waals surface area contributed by atoms with Gasteiger partial charge in [-0.15, -0.1) is 34.9 Å². The Morgan fingerprint density at radius 1 is 1.25 bits per heavy atom. The third kappa shape index (κ3) is 3.49. The van der Waals surface area contributed by atoms with Gasteiger partial charge in [0.2, 0.25) is 0 Å². The van der Waals surface area contributed by atoms with Gasteiger partial charge in [0.25, 0.3) is 5.91 Å². The second-order valence-electron chi connectivity index (χ2n) is 6.03. The number of carbonyl (C=O) groups is 1. The third-order valence-corrected chi connectivity index (χ3v) is 8.31. The van der Waals surface area contributed by atoms with Crippen molar-refractivity contribution in [2.45, 2.75) is 17.5 Å². The zero-order valence-corrected chi connectivity index (χ0v) is 15.9. The summed E-state index contributed by atoms with van der Waals surface area (Å²) in [6.07, 6.45) is 0.962. The predicted molar refractivity (Wildman–Crippen MR) is 104 cm³/mol. The van der Waals surface area contributed by atoms with Gasteiger partial charge in [-0.1, -0.05) is 12.1 Å². The molecule has 2 aromatic rings. The van der Waals surface area contributed by atoms with Gasteiger partial charge in [0.15, 0.2) is 5.13 Å². The summed E-state index contributed by atoms with van der Waals surface area (Å²) in [5, 5.41) is 3.67. The number of fused-ring (bicyclic) bond motifs is 1. The van der Waals surface area contributed by atoms with Gasteiger partial charge < -0.3 is 4.90 Å². The minimum absolute atomic E-state index is 0.0762. The van der Waals surface area contributed by atoms with Crippen molar-refractivity contribution < 1.29 is 4.79 Å². The first kappa shape index (κ1) is 16.4. The molecule has 1 aromatic heterocycles. The van der Waals surface area contributed by atoms with Crippen LogP contribution in [0.2, 0.25) is 0 Å². The van der Waals surface area contributed by atoms with E-state index < -0.39 is 0 Å². The Morgan fingerprint density at radius 2 is 2.00 bits per heavy atom. The molecule has 4 nitrogen and oxygen atoms in total. The normalized spacial score (nSPS) is 18.5. The van der Waals surface area contributed by atoms with E-state index in [0.717, 1.165) is 25.2 Å². The van der Waals surface area contributed by atoms with Crippen LogP contribution in [0.15, 0.2) is 24.3 Å². The maximum atomic E-state index is 12.5. The van der Waals surface area contributed by atoms with Crippen molar-refractivity contribution >= 4 is 45.9 Å². The summed E-state index contributed by atoms with van der Waals surface area (Å²) >= 11 is 5.55. The monoisotopic (exact) mass is 377 g/mol. The maximum Gasteiger partial charge on any atom is 0.257 e. The molecule has 0 radical (unpaired) electrons. The van der Waals surface area contributed by atoms with E-state index in [-0.39, 0.29) is 5.91 Å². The predicted octanol–water partition coefficient (Wildman–Crippen LogP) is 3.86. The van der Waals surface area contributed by atoms with Crippen LogP contribution >= 0.6 is 34.9 Å². The largest absolute Gasteiger partial charge is 0.301 e. The molecule has 126 valence electrons. The summed E-state index contributed by atoms with van der Waals surface area (Å²) in [5.41, 5.74) is 3.13. The topological polar surface area (TPSA) is 45.2 Å². The molecule has 2 aliphatic rings. The number of nitrogens with zero attached hydrogens (tertiary/aromatic N) is 2. The average Bonchev–Trinajstić information content (AvgIpc) is 3.23. The lowest BCUT2D eigenvalue weighted by Gasteiger charge is -2.20. The molecule has 4 rings (SSSR count). The number of benzene rings is 1. The number of hydrogen-bond acceptors (Lipinski definition) is 6. The second-order valence-corrected chi connectivity index (χ2v) is 9.83. The quantitative estimate of drug-likeness (QED) is 0.880. The van der Waals surface area contributed by atoms with Crippen molar-refractivity contribution in [2.75, 3.05) is 30.4 Å². The first-order valence-electron chi connectivity index (χ1n) is 8.01. The van der Waals surface area contributed by atoms with E-state index in [0.29, 0.717) is 15.3 Å². The fourth-order valence-electron chi connectivity index (χ4n) is 2.89. The number of hydrogen-bond donors (Lipinski definition) is 1. The van der Waals surface area contributed by atoms with Crippen molar-refractivity contribution in [3.05, 3.63) is 46.0 Å². The highest BCUT2D eigenvalue weighted by Gasteiger charge is 2.20. The van der Waals surface area contributed by atoms with Gasteiger partial charge in [-0.2, -0.15) is 0 Å². The fourth-order valence-corrected chi connectivity index (χ4v) is 6.83. The number of anilines is 1. The number of thiazole rings is 1. The SMILES string of the molecule is CN1CCc2nc(NC(=O)c3ccc(C4SCCS4)cc3)sc2C1. The lowest BCUT2D eigenvalue weighted by molar-refractivity contribution is 0.102. The first-order chi connectivity index (χ1) is 11.7. The maximum absolute atomic E-state index is 12.5. The Morgan fingerprint density at radius 3 is 2.75 bits per heavy atom. The molecule has 1 saturated heterocycles. The average molecular weight is 378 g/mol. The van der Waals surface area contributed by atoms with E-state index in [2.05, 4.69) is 34.4 Å². The van der Waals surface area contributed by atoms with Crippen LogP contribution in [0.3, 0.4) is 0 Å². The van der Waals surface area contributed by atoms with Gasteiger partial charge in [0.1, 0.15) is 0 Å². The van der Waals surface area contributed by atoms with Gasteiger partial charge in [-0.05, 0) is 24.7 Å². The Balaban J connectivity index is 1.44. The molecule has 1 fully saturated rings. The molecule has 0 aliphatic carbocycles. The molecule has 0 bridgehead atoms. The van der Waals surface area contributed by atoms with E-state index in [1.165, 1.54) is 21.9 Å². The number of thioether (sulfide) groups is 2. The number of amides is 1. The molecule has 0 unspecified atom stereocenters. The first-order valence-corrected chi connectivity index (χ1v) is 10.9. The standard InChI is InChI=1S/C17H19N3OS3/c1-20-7-6-13-14(10-20)24-17(18-13)19-15(21)11-2-4-12(5-3-11)16-22-8-9-23-16/h2-5,16H,6-10H2,1H3,(H,18,19,21). The molecule has 0 saturated carbocycles. The van der Waals surface area contributed by atoms with Crippen LogP contribution in [-0.2, 0) is 13.0 Å². The van der Waals surface area contributed by atoms with Crippen molar-refractivity contribution in [2.24, 2.45) is 0 Å². The summed E-state index contributed by atoms with van der Waals surface area (Å²) in [5.74, 6) is 2.34. The summed E-state index contributed by atoms with van der Waals surface area (Å²) in [6.45, 7) is 1.96. The van der Waals surface area contributed by atoms with Crippen molar-refractivity contribution in [1.29, 1.82) is 0 Å². The smallest absolute Gasteiger partial charge is 0.257 e. The van der Waals surface area contributed by atoms with Crippen molar-refractivity contribution in [3.63, 3.8) is 0 Å². The van der Waals surface area contributed by atoms with Gasteiger partial charge >= 0.3 is 0 Å². The minimum Gasteiger partial charge on any atom is -0.301 e. The van der Waals surface area contributed by atoms with Gasteiger partial charge in [0, 0.05) is 41.5 Å². The molecule has 1 aromatic carbocycles. The van der Waals surface area contributed by atoms with Gasteiger partial charge in [-0.25, -0.2) is 4.98 Å². The summed E-state index contributed by atoms with van der Waals surface area (Å²) < 4.78 is 0.518. The summed E-state index contributed by atoms with van der Waals surface area (Å²) in [4.78, 5) is 20.6. The van der Waals surface area contributed by atoms with Crippen LogP contribution in [-0.4, -0.2) is 40.9 Å². The highest BCUT2D eigenvalue weighted by molar-refractivity contribution is 8.19. The van der Waals surface area contributed by atoms with E-state index >= 15 is 0 Å². The number of likely N-dealkylation sites (N-methyl/N-ethyl adjacent to an activating group) is 1. The second kappa shape index (κ2) is 7.07. The van der Waals surface area contributed by atoms with Crippen LogP contribution in [0.4, 0.5) is 5.13 Å². The van der Waals surface area contributed by atoms with Gasteiger partial charge in [-0.3, -0.25) is 10.1 Å². The van der Waals surface area contributed by atoms with Crippen LogP contribution < -0.4 is 5.32 Å². The van der Waals surface area contributed by atoms with Crippen LogP contribution in [0.25, 0.3) is 0 Å². The van der Waals surface area contributed by atoms with E-state index in [1.807, 2.05) is 35.7 Å². The third-order valence-electron chi connectivity index (χ3n) is 4.21. The molecule has 7 heteroatoms. The van der Waals surface area contributed by atoms with Crippen molar-refractivity contribution in [1.82, 2.24) is 9.88 Å². The fraction of sp³-hybridized carbons (Fsp3) is 0.412. The zero-order chi connectivity index (χ0) is 16.5. The Bertz CT molecular complexity index is 738. The van der Waals surface area contributed by atoms with E-state index in [1.54, 1.807) is 11.3 Å². The Kier molecular flexibility index (Phi) is 4.85. The molecule has 3 heterocycles. The Labute approximate surface area is 154 Å². The molecule has 2 aliphatic heterocycles. The minimum atomic E-state index is -0.0762. The molecular weight excluding hydrogens is 358 g/mol. The number of nitrogens with one attached hydrogen (secondary N) is 1. The van der Waals surface area contributed by atoms with Crippen LogP contribution in [0.5, 0.6) is 0 Å². The molecule has 1 amide bonds.